The maximum atomic E-state index is 6.67. The van der Waals surface area contributed by atoms with Gasteiger partial charge in [0, 0.05) is 5.54 Å². The molecule has 0 heterocycles. The molecule has 2 N–H and O–H groups in total. The average molecular weight is 259 g/mol. The zero-order valence-electron chi connectivity index (χ0n) is 12.8. The molecule has 0 atom stereocenters. The van der Waals surface area contributed by atoms with E-state index in [0.717, 1.165) is 24.7 Å². The topological polar surface area (TPSA) is 26.0 Å². The smallest absolute Gasteiger partial charge is 0.0409 e. The van der Waals surface area contributed by atoms with Gasteiger partial charge in [-0.15, -0.1) is 0 Å². The van der Waals surface area contributed by atoms with Crippen molar-refractivity contribution in [2.24, 2.45) is 17.6 Å². The van der Waals surface area contributed by atoms with Crippen LogP contribution < -0.4 is 5.73 Å². The summed E-state index contributed by atoms with van der Waals surface area (Å²) < 4.78 is 0. The maximum absolute atomic E-state index is 6.67. The lowest BCUT2D eigenvalue weighted by Gasteiger charge is -2.39. The Morgan fingerprint density at radius 3 is 2.21 bits per heavy atom. The summed E-state index contributed by atoms with van der Waals surface area (Å²) in [5.41, 5.74) is 9.37. The van der Waals surface area contributed by atoms with E-state index in [1.54, 1.807) is 0 Å². The second-order valence-electron chi connectivity index (χ2n) is 6.68. The van der Waals surface area contributed by atoms with Crippen LogP contribution in [0.15, 0.2) is 24.3 Å². The molecule has 0 saturated heterocycles. The van der Waals surface area contributed by atoms with Gasteiger partial charge in [-0.2, -0.15) is 0 Å². The van der Waals surface area contributed by atoms with Gasteiger partial charge in [0.05, 0.1) is 0 Å². The molecule has 1 saturated carbocycles. The SMILES string of the molecule is CCCc1ccc(C2(N)CCC(C(C)C)CC2)cc1. The van der Waals surface area contributed by atoms with Gasteiger partial charge >= 0.3 is 0 Å². The molecule has 0 spiro atoms. The number of aryl methyl sites for hydroxylation is 1. The summed E-state index contributed by atoms with van der Waals surface area (Å²) in [6.45, 7) is 6.91. The fourth-order valence-corrected chi connectivity index (χ4v) is 3.40. The van der Waals surface area contributed by atoms with Crippen LogP contribution in [0, 0.1) is 11.8 Å². The Morgan fingerprint density at radius 2 is 1.74 bits per heavy atom. The first-order valence-corrected chi connectivity index (χ1v) is 7.93. The van der Waals surface area contributed by atoms with Crippen LogP contribution in [0.3, 0.4) is 0 Å². The van der Waals surface area contributed by atoms with E-state index < -0.39 is 0 Å². The predicted octanol–water partition coefficient (Wildman–Crippen LogP) is 4.64. The van der Waals surface area contributed by atoms with Crippen molar-refractivity contribution in [3.05, 3.63) is 35.4 Å². The summed E-state index contributed by atoms with van der Waals surface area (Å²) in [7, 11) is 0. The molecule has 1 heteroatoms. The van der Waals surface area contributed by atoms with Gasteiger partial charge in [0.2, 0.25) is 0 Å². The largest absolute Gasteiger partial charge is 0.321 e. The molecule has 1 aliphatic carbocycles. The minimum absolute atomic E-state index is 0.0733. The van der Waals surface area contributed by atoms with Gasteiger partial charge in [0.1, 0.15) is 0 Å². The monoisotopic (exact) mass is 259 g/mol. The highest BCUT2D eigenvalue weighted by molar-refractivity contribution is 5.29. The molecule has 0 radical (unpaired) electrons. The van der Waals surface area contributed by atoms with E-state index in [1.165, 1.54) is 36.8 Å². The van der Waals surface area contributed by atoms with Gasteiger partial charge < -0.3 is 5.73 Å². The quantitative estimate of drug-likeness (QED) is 0.837. The highest BCUT2D eigenvalue weighted by atomic mass is 14.7. The molecular weight excluding hydrogens is 230 g/mol. The van der Waals surface area contributed by atoms with Crippen molar-refractivity contribution in [2.75, 3.05) is 0 Å². The van der Waals surface area contributed by atoms with Crippen molar-refractivity contribution < 1.29 is 0 Å². The Bertz CT molecular complexity index is 383. The summed E-state index contributed by atoms with van der Waals surface area (Å²) >= 11 is 0. The second-order valence-corrected chi connectivity index (χ2v) is 6.68. The van der Waals surface area contributed by atoms with E-state index in [2.05, 4.69) is 45.0 Å². The molecule has 1 nitrogen and oxygen atoms in total. The van der Waals surface area contributed by atoms with Crippen LogP contribution in [0.4, 0.5) is 0 Å². The van der Waals surface area contributed by atoms with Gasteiger partial charge in [-0.25, -0.2) is 0 Å². The van der Waals surface area contributed by atoms with Crippen molar-refractivity contribution in [1.82, 2.24) is 0 Å². The summed E-state index contributed by atoms with van der Waals surface area (Å²) in [5, 5.41) is 0. The molecule has 0 aromatic heterocycles. The van der Waals surface area contributed by atoms with Crippen LogP contribution in [-0.4, -0.2) is 0 Å². The molecule has 0 bridgehead atoms. The minimum Gasteiger partial charge on any atom is -0.321 e. The third-order valence-corrected chi connectivity index (χ3v) is 4.93. The third kappa shape index (κ3) is 3.39. The van der Waals surface area contributed by atoms with Crippen molar-refractivity contribution in [2.45, 2.75) is 64.8 Å². The van der Waals surface area contributed by atoms with Crippen LogP contribution in [0.5, 0.6) is 0 Å². The fraction of sp³-hybridized carbons (Fsp3) is 0.667. The van der Waals surface area contributed by atoms with Crippen LogP contribution in [0.2, 0.25) is 0 Å². The highest BCUT2D eigenvalue weighted by Crippen LogP contribution is 2.40. The van der Waals surface area contributed by atoms with Gasteiger partial charge in [0.25, 0.3) is 0 Å². The normalized spacial score (nSPS) is 27.7. The second kappa shape index (κ2) is 6.09. The summed E-state index contributed by atoms with van der Waals surface area (Å²) in [6, 6.07) is 9.06. The summed E-state index contributed by atoms with van der Waals surface area (Å²) in [6.07, 6.45) is 7.23. The molecule has 106 valence electrons. The van der Waals surface area contributed by atoms with Crippen molar-refractivity contribution in [3.8, 4) is 0 Å². The first-order valence-electron chi connectivity index (χ1n) is 7.93. The predicted molar refractivity (Wildman–Crippen MR) is 83.1 cm³/mol. The van der Waals surface area contributed by atoms with Crippen LogP contribution in [0.25, 0.3) is 0 Å². The number of benzene rings is 1. The van der Waals surface area contributed by atoms with Gasteiger partial charge in [-0.1, -0.05) is 51.5 Å². The van der Waals surface area contributed by atoms with Gasteiger partial charge in [-0.3, -0.25) is 0 Å². The average Bonchev–Trinajstić information content (AvgIpc) is 2.40. The Kier molecular flexibility index (Phi) is 4.67. The molecule has 0 aliphatic heterocycles. The third-order valence-electron chi connectivity index (χ3n) is 4.93. The molecule has 2 rings (SSSR count). The molecule has 0 amide bonds. The standard InChI is InChI=1S/C18H29N/c1-4-5-15-6-8-17(9-7-15)18(19)12-10-16(11-13-18)14(2)3/h6-9,14,16H,4-5,10-13,19H2,1-3H3. The Balaban J connectivity index is 2.04. The summed E-state index contributed by atoms with van der Waals surface area (Å²) in [4.78, 5) is 0. The number of rotatable bonds is 4. The first kappa shape index (κ1) is 14.6. The Morgan fingerprint density at radius 1 is 1.16 bits per heavy atom. The lowest BCUT2D eigenvalue weighted by molar-refractivity contribution is 0.196. The van der Waals surface area contributed by atoms with E-state index in [4.69, 9.17) is 5.73 Å². The van der Waals surface area contributed by atoms with E-state index in [0.29, 0.717) is 0 Å². The molecule has 1 aromatic rings. The minimum atomic E-state index is -0.0733. The first-order chi connectivity index (χ1) is 9.05. The fourth-order valence-electron chi connectivity index (χ4n) is 3.40. The Labute approximate surface area is 118 Å². The van der Waals surface area contributed by atoms with Crippen LogP contribution in [-0.2, 0) is 12.0 Å². The van der Waals surface area contributed by atoms with Crippen molar-refractivity contribution in [1.29, 1.82) is 0 Å². The summed E-state index contributed by atoms with van der Waals surface area (Å²) in [5.74, 6) is 1.67. The number of hydrogen-bond acceptors (Lipinski definition) is 1. The maximum Gasteiger partial charge on any atom is 0.0409 e. The zero-order valence-corrected chi connectivity index (χ0v) is 12.8. The molecular formula is C18H29N. The Hall–Kier alpha value is -0.820. The van der Waals surface area contributed by atoms with E-state index >= 15 is 0 Å². The number of hydrogen-bond donors (Lipinski definition) is 1. The molecule has 19 heavy (non-hydrogen) atoms. The van der Waals surface area contributed by atoms with Crippen molar-refractivity contribution in [3.63, 3.8) is 0 Å². The molecule has 1 aromatic carbocycles. The van der Waals surface area contributed by atoms with Crippen LogP contribution in [0.1, 0.15) is 64.0 Å². The molecule has 1 fully saturated rings. The number of nitrogens with two attached hydrogens (primary N) is 1. The van der Waals surface area contributed by atoms with Crippen LogP contribution >= 0.6 is 0 Å². The molecule has 1 aliphatic rings. The zero-order chi connectivity index (χ0) is 13.9. The molecule has 0 unspecified atom stereocenters. The van der Waals surface area contributed by atoms with E-state index in [-0.39, 0.29) is 5.54 Å². The van der Waals surface area contributed by atoms with E-state index in [1.807, 2.05) is 0 Å². The highest BCUT2D eigenvalue weighted by Gasteiger charge is 2.33. The lowest BCUT2D eigenvalue weighted by Crippen LogP contribution is -2.41. The van der Waals surface area contributed by atoms with Gasteiger partial charge in [0.15, 0.2) is 0 Å². The van der Waals surface area contributed by atoms with Gasteiger partial charge in [-0.05, 0) is 55.1 Å². The lowest BCUT2D eigenvalue weighted by atomic mass is 9.70. The van der Waals surface area contributed by atoms with Crippen molar-refractivity contribution >= 4 is 0 Å². The van der Waals surface area contributed by atoms with E-state index in [9.17, 15) is 0 Å².